The second-order valence-electron chi connectivity index (χ2n) is 1.88. The van der Waals surface area contributed by atoms with Crippen molar-refractivity contribution in [3.05, 3.63) is 11.3 Å². The molecule has 1 rings (SSSR count). The van der Waals surface area contributed by atoms with E-state index in [1.54, 1.807) is 0 Å². The number of rotatable bonds is 0. The summed E-state index contributed by atoms with van der Waals surface area (Å²) in [5.74, 6) is 0. The van der Waals surface area contributed by atoms with E-state index in [0.29, 0.717) is 0 Å². The SMILES string of the molecule is CC.CC.CC1=C(C)NNC1. The summed E-state index contributed by atoms with van der Waals surface area (Å²) in [6, 6.07) is 0. The van der Waals surface area contributed by atoms with Crippen LogP contribution >= 0.6 is 0 Å². The van der Waals surface area contributed by atoms with E-state index in [2.05, 4.69) is 24.7 Å². The van der Waals surface area contributed by atoms with E-state index in [1.165, 1.54) is 11.3 Å². The van der Waals surface area contributed by atoms with Gasteiger partial charge in [0.15, 0.2) is 0 Å². The Balaban J connectivity index is 0. The van der Waals surface area contributed by atoms with Crippen molar-refractivity contribution < 1.29 is 0 Å². The highest BCUT2D eigenvalue weighted by Crippen LogP contribution is 2.00. The molecule has 0 aliphatic carbocycles. The van der Waals surface area contributed by atoms with Gasteiger partial charge < -0.3 is 5.43 Å². The summed E-state index contributed by atoms with van der Waals surface area (Å²) in [7, 11) is 0. The van der Waals surface area contributed by atoms with Crippen molar-refractivity contribution in [2.45, 2.75) is 41.5 Å². The minimum absolute atomic E-state index is 0.992. The molecule has 1 aliphatic heterocycles. The van der Waals surface area contributed by atoms with Crippen molar-refractivity contribution in [2.75, 3.05) is 6.54 Å². The average Bonchev–Trinajstić information content (AvgIpc) is 2.44. The van der Waals surface area contributed by atoms with Gasteiger partial charge in [-0.2, -0.15) is 0 Å². The minimum Gasteiger partial charge on any atom is -0.326 e. The first kappa shape index (κ1) is 13.1. The normalized spacial score (nSPS) is 14.0. The van der Waals surface area contributed by atoms with Crippen molar-refractivity contribution in [3.8, 4) is 0 Å². The highest BCUT2D eigenvalue weighted by atomic mass is 15.4. The summed E-state index contributed by atoms with van der Waals surface area (Å²) >= 11 is 0. The highest BCUT2D eigenvalue weighted by Gasteiger charge is 2.01. The zero-order chi connectivity index (χ0) is 9.28. The van der Waals surface area contributed by atoms with Gasteiger partial charge in [0.1, 0.15) is 0 Å². The van der Waals surface area contributed by atoms with E-state index >= 15 is 0 Å². The molecule has 1 aliphatic rings. The fraction of sp³-hybridized carbons (Fsp3) is 0.778. The molecular weight excluding hydrogens is 136 g/mol. The lowest BCUT2D eigenvalue weighted by Gasteiger charge is -1.91. The topological polar surface area (TPSA) is 24.1 Å². The molecule has 2 nitrogen and oxygen atoms in total. The molecule has 0 radical (unpaired) electrons. The molecule has 0 aromatic rings. The smallest absolute Gasteiger partial charge is 0.0375 e. The lowest BCUT2D eigenvalue weighted by molar-refractivity contribution is 0.697. The molecule has 11 heavy (non-hydrogen) atoms. The van der Waals surface area contributed by atoms with Crippen molar-refractivity contribution in [1.29, 1.82) is 0 Å². The van der Waals surface area contributed by atoms with Gasteiger partial charge in [-0.1, -0.05) is 27.7 Å². The maximum absolute atomic E-state index is 3.00. The second-order valence-corrected chi connectivity index (χ2v) is 1.88. The van der Waals surface area contributed by atoms with Gasteiger partial charge in [-0.3, -0.25) is 0 Å². The van der Waals surface area contributed by atoms with E-state index in [9.17, 15) is 0 Å². The van der Waals surface area contributed by atoms with E-state index in [-0.39, 0.29) is 0 Å². The largest absolute Gasteiger partial charge is 0.326 e. The molecule has 0 amide bonds. The fourth-order valence-corrected chi connectivity index (χ4v) is 0.549. The first-order valence-electron chi connectivity index (χ1n) is 4.46. The van der Waals surface area contributed by atoms with Crippen LogP contribution in [0.25, 0.3) is 0 Å². The number of nitrogens with one attached hydrogen (secondary N) is 2. The van der Waals surface area contributed by atoms with Gasteiger partial charge in [-0.15, -0.1) is 0 Å². The van der Waals surface area contributed by atoms with Crippen LogP contribution in [0.1, 0.15) is 41.5 Å². The first-order valence-corrected chi connectivity index (χ1v) is 4.46. The molecule has 0 bridgehead atoms. The summed E-state index contributed by atoms with van der Waals surface area (Å²) in [5.41, 5.74) is 8.66. The molecule has 2 N–H and O–H groups in total. The Kier molecular flexibility index (Phi) is 11.3. The van der Waals surface area contributed by atoms with Crippen LogP contribution in [0, 0.1) is 0 Å². The Hall–Kier alpha value is -0.500. The summed E-state index contributed by atoms with van der Waals surface area (Å²) in [6.45, 7) is 13.2. The van der Waals surface area contributed by atoms with Crippen molar-refractivity contribution in [1.82, 2.24) is 10.9 Å². The summed E-state index contributed by atoms with van der Waals surface area (Å²) in [5, 5.41) is 0. The molecule has 0 spiro atoms. The van der Waals surface area contributed by atoms with E-state index in [1.807, 2.05) is 27.7 Å². The maximum Gasteiger partial charge on any atom is 0.0375 e. The Morgan fingerprint density at radius 3 is 1.55 bits per heavy atom. The molecular formula is C9H22N2. The van der Waals surface area contributed by atoms with Crippen molar-refractivity contribution in [3.63, 3.8) is 0 Å². The zero-order valence-electron chi connectivity index (χ0n) is 8.71. The van der Waals surface area contributed by atoms with Crippen LogP contribution < -0.4 is 10.9 Å². The van der Waals surface area contributed by atoms with Crippen LogP contribution in [0.4, 0.5) is 0 Å². The number of hydrogen-bond acceptors (Lipinski definition) is 2. The zero-order valence-corrected chi connectivity index (χ0v) is 8.71. The Morgan fingerprint density at radius 1 is 1.00 bits per heavy atom. The summed E-state index contributed by atoms with van der Waals surface area (Å²) in [6.07, 6.45) is 0. The first-order chi connectivity index (χ1) is 5.30. The highest BCUT2D eigenvalue weighted by molar-refractivity contribution is 5.12. The van der Waals surface area contributed by atoms with Crippen LogP contribution in [0.5, 0.6) is 0 Å². The van der Waals surface area contributed by atoms with E-state index < -0.39 is 0 Å². The molecule has 1 heterocycles. The van der Waals surface area contributed by atoms with Gasteiger partial charge in [0.25, 0.3) is 0 Å². The lowest BCUT2D eigenvalue weighted by Crippen LogP contribution is -2.22. The summed E-state index contributed by atoms with van der Waals surface area (Å²) < 4.78 is 0. The van der Waals surface area contributed by atoms with Gasteiger partial charge >= 0.3 is 0 Å². The summed E-state index contributed by atoms with van der Waals surface area (Å²) in [4.78, 5) is 0. The van der Waals surface area contributed by atoms with E-state index in [4.69, 9.17) is 0 Å². The Bertz CT molecular complexity index is 94.1. The molecule has 0 atom stereocenters. The monoisotopic (exact) mass is 158 g/mol. The van der Waals surface area contributed by atoms with Gasteiger partial charge in [0.2, 0.25) is 0 Å². The molecule has 0 unspecified atom stereocenters. The van der Waals surface area contributed by atoms with Crippen LogP contribution in [0.15, 0.2) is 11.3 Å². The maximum atomic E-state index is 3.00. The Labute approximate surface area is 71.0 Å². The van der Waals surface area contributed by atoms with Crippen LogP contribution in [0.3, 0.4) is 0 Å². The molecule has 0 fully saturated rings. The number of hydrogen-bond donors (Lipinski definition) is 2. The molecule has 2 heteroatoms. The van der Waals surface area contributed by atoms with Gasteiger partial charge in [-0.05, 0) is 19.4 Å². The Morgan fingerprint density at radius 2 is 1.45 bits per heavy atom. The average molecular weight is 158 g/mol. The molecule has 0 saturated carbocycles. The third kappa shape index (κ3) is 5.92. The quantitative estimate of drug-likeness (QED) is 0.566. The van der Waals surface area contributed by atoms with Gasteiger partial charge in [0.05, 0.1) is 0 Å². The predicted molar refractivity (Wildman–Crippen MR) is 52.2 cm³/mol. The predicted octanol–water partition coefficient (Wildman–Crippen LogP) is 2.44. The molecule has 68 valence electrons. The van der Waals surface area contributed by atoms with Gasteiger partial charge in [0, 0.05) is 12.2 Å². The van der Waals surface area contributed by atoms with Crippen LogP contribution in [0.2, 0.25) is 0 Å². The number of hydrazine groups is 1. The fourth-order valence-electron chi connectivity index (χ4n) is 0.549. The minimum atomic E-state index is 0.992. The van der Waals surface area contributed by atoms with Crippen LogP contribution in [-0.4, -0.2) is 6.54 Å². The molecule has 0 aromatic heterocycles. The van der Waals surface area contributed by atoms with Crippen molar-refractivity contribution in [2.24, 2.45) is 0 Å². The molecule has 0 saturated heterocycles. The number of allylic oxidation sites excluding steroid dienone is 1. The third-order valence-corrected chi connectivity index (χ3v) is 1.27. The van der Waals surface area contributed by atoms with Crippen molar-refractivity contribution >= 4 is 0 Å². The third-order valence-electron chi connectivity index (χ3n) is 1.27. The van der Waals surface area contributed by atoms with Gasteiger partial charge in [-0.25, -0.2) is 5.43 Å². The lowest BCUT2D eigenvalue weighted by atomic mass is 10.3. The molecule has 0 aromatic carbocycles. The second kappa shape index (κ2) is 9.50. The van der Waals surface area contributed by atoms with Crippen LogP contribution in [-0.2, 0) is 0 Å². The standard InChI is InChI=1S/C5H10N2.2C2H6/c1-4-3-6-7-5(4)2;2*1-2/h6-7H,3H2,1-2H3;2*1-2H3. The van der Waals surface area contributed by atoms with E-state index in [0.717, 1.165) is 6.54 Å².